The van der Waals surface area contributed by atoms with E-state index in [1.165, 1.54) is 4.90 Å². The Morgan fingerprint density at radius 3 is 2.44 bits per heavy atom. The average molecular weight is 372 g/mol. The monoisotopic (exact) mass is 371 g/mol. The number of carbonyl (C=O) groups is 2. The number of thioether (sulfide) groups is 1. The van der Waals surface area contributed by atoms with Crippen LogP contribution in [0.2, 0.25) is 5.02 Å². The molecule has 0 saturated carbocycles. The van der Waals surface area contributed by atoms with Crippen LogP contribution in [0, 0.1) is 12.3 Å². The molecular weight excluding hydrogens is 358 g/mol. The van der Waals surface area contributed by atoms with Crippen molar-refractivity contribution >= 4 is 40.2 Å². The molecule has 1 atom stereocenters. The van der Waals surface area contributed by atoms with Crippen LogP contribution in [0.4, 0.5) is 10.5 Å². The number of terminal acetylenes is 1. The number of ether oxygens (including phenoxy) is 1. The third-order valence-electron chi connectivity index (χ3n) is 3.67. The van der Waals surface area contributed by atoms with Crippen LogP contribution in [0.5, 0.6) is 5.75 Å². The third kappa shape index (κ3) is 3.98. The highest BCUT2D eigenvalue weighted by atomic mass is 35.5. The second-order valence-electron chi connectivity index (χ2n) is 5.36. The maximum atomic E-state index is 12.6. The molecule has 1 aliphatic rings. The van der Waals surface area contributed by atoms with E-state index >= 15 is 0 Å². The molecule has 0 bridgehead atoms. The topological polar surface area (TPSA) is 46.6 Å². The summed E-state index contributed by atoms with van der Waals surface area (Å²) in [6, 6.07) is 14.0. The fraction of sp³-hybridized carbons (Fsp3) is 0.158. The van der Waals surface area contributed by atoms with Crippen molar-refractivity contribution in [2.45, 2.75) is 11.7 Å². The largest absolute Gasteiger partial charge is 0.481 e. The van der Waals surface area contributed by atoms with E-state index in [1.807, 2.05) is 12.1 Å². The molecule has 126 valence electrons. The molecule has 6 heteroatoms. The van der Waals surface area contributed by atoms with Crippen molar-refractivity contribution in [3.8, 4) is 18.1 Å². The summed E-state index contributed by atoms with van der Waals surface area (Å²) >= 11 is 6.90. The number of rotatable bonds is 5. The van der Waals surface area contributed by atoms with E-state index in [4.69, 9.17) is 22.8 Å². The minimum atomic E-state index is -0.444. The van der Waals surface area contributed by atoms with Gasteiger partial charge in [-0.3, -0.25) is 9.59 Å². The molecule has 1 fully saturated rings. The Hall–Kier alpha value is -2.42. The maximum Gasteiger partial charge on any atom is 0.293 e. The van der Waals surface area contributed by atoms with Gasteiger partial charge in [-0.15, -0.1) is 6.42 Å². The van der Waals surface area contributed by atoms with Gasteiger partial charge in [0.2, 0.25) is 5.91 Å². The predicted molar refractivity (Wildman–Crippen MR) is 100 cm³/mol. The summed E-state index contributed by atoms with van der Waals surface area (Å²) in [5.74, 6) is 2.86. The Morgan fingerprint density at radius 1 is 1.12 bits per heavy atom. The normalized spacial score (nSPS) is 16.8. The summed E-state index contributed by atoms with van der Waals surface area (Å²) in [6.07, 6.45) is 5.62. The molecule has 0 N–H and O–H groups in total. The molecule has 0 aromatic heterocycles. The molecule has 4 nitrogen and oxygen atoms in total. The fourth-order valence-corrected chi connectivity index (χ4v) is 3.62. The highest BCUT2D eigenvalue weighted by Crippen LogP contribution is 2.34. The number of hydrogen-bond acceptors (Lipinski definition) is 4. The summed E-state index contributed by atoms with van der Waals surface area (Å²) in [4.78, 5) is 26.1. The Bertz CT molecular complexity index is 827. The van der Waals surface area contributed by atoms with Gasteiger partial charge in [0.15, 0.2) is 0 Å². The SMILES string of the molecule is C#CCOc1ccc(C[C@H]2SC(=O)N(c3ccc(Cl)cc3)C2=O)cc1. The van der Waals surface area contributed by atoms with Crippen LogP contribution >= 0.6 is 23.4 Å². The van der Waals surface area contributed by atoms with Crippen LogP contribution in [0.25, 0.3) is 0 Å². The standard InChI is InChI=1S/C19H14ClNO3S/c1-2-11-24-16-9-3-13(4-10-16)12-17-18(22)21(19(23)25-17)15-7-5-14(20)6-8-15/h1,3-10,17H,11-12H2/t17-/m1/s1. The van der Waals surface area contributed by atoms with Crippen LogP contribution < -0.4 is 9.64 Å². The Kier molecular flexibility index (Phi) is 5.32. The smallest absolute Gasteiger partial charge is 0.293 e. The average Bonchev–Trinajstić information content (AvgIpc) is 2.89. The number of anilines is 1. The summed E-state index contributed by atoms with van der Waals surface area (Å²) < 4.78 is 5.32. The van der Waals surface area contributed by atoms with Crippen molar-refractivity contribution in [3.63, 3.8) is 0 Å². The third-order valence-corrected chi connectivity index (χ3v) is 4.96. The van der Waals surface area contributed by atoms with Gasteiger partial charge in [0.25, 0.3) is 5.24 Å². The predicted octanol–water partition coefficient (Wildman–Crippen LogP) is 4.16. The number of benzene rings is 2. The maximum absolute atomic E-state index is 12.6. The van der Waals surface area contributed by atoms with Crippen LogP contribution in [-0.4, -0.2) is 23.0 Å². The molecule has 1 saturated heterocycles. The van der Waals surface area contributed by atoms with Crippen molar-refractivity contribution in [2.75, 3.05) is 11.5 Å². The lowest BCUT2D eigenvalue weighted by Crippen LogP contribution is -2.32. The molecule has 1 heterocycles. The minimum Gasteiger partial charge on any atom is -0.481 e. The molecule has 2 aromatic rings. The highest BCUT2D eigenvalue weighted by Gasteiger charge is 2.40. The zero-order valence-corrected chi connectivity index (χ0v) is 14.7. The Morgan fingerprint density at radius 2 is 1.80 bits per heavy atom. The van der Waals surface area contributed by atoms with Gasteiger partial charge in [0.1, 0.15) is 12.4 Å². The van der Waals surface area contributed by atoms with E-state index in [9.17, 15) is 9.59 Å². The number of imide groups is 1. The van der Waals surface area contributed by atoms with E-state index in [1.54, 1.807) is 36.4 Å². The van der Waals surface area contributed by atoms with Crippen molar-refractivity contribution < 1.29 is 14.3 Å². The number of carbonyl (C=O) groups excluding carboxylic acids is 2. The molecule has 3 rings (SSSR count). The van der Waals surface area contributed by atoms with E-state index in [2.05, 4.69) is 5.92 Å². The molecular formula is C19H14ClNO3S. The summed E-state index contributed by atoms with van der Waals surface area (Å²) in [7, 11) is 0. The van der Waals surface area contributed by atoms with Gasteiger partial charge in [-0.2, -0.15) is 0 Å². The van der Waals surface area contributed by atoms with Gasteiger partial charge in [-0.1, -0.05) is 41.4 Å². The van der Waals surface area contributed by atoms with Crippen LogP contribution in [0.1, 0.15) is 5.56 Å². The van der Waals surface area contributed by atoms with Crippen LogP contribution in [0.15, 0.2) is 48.5 Å². The molecule has 2 aromatic carbocycles. The first-order valence-electron chi connectivity index (χ1n) is 7.54. The van der Waals surface area contributed by atoms with E-state index < -0.39 is 5.25 Å². The lowest BCUT2D eigenvalue weighted by molar-refractivity contribution is -0.117. The van der Waals surface area contributed by atoms with E-state index in [-0.39, 0.29) is 17.8 Å². The van der Waals surface area contributed by atoms with Gasteiger partial charge >= 0.3 is 0 Å². The molecule has 25 heavy (non-hydrogen) atoms. The highest BCUT2D eigenvalue weighted by molar-refractivity contribution is 8.15. The van der Waals surface area contributed by atoms with Crippen molar-refractivity contribution in [1.82, 2.24) is 0 Å². The summed E-state index contributed by atoms with van der Waals surface area (Å²) in [6.45, 7) is 0.209. The van der Waals surface area contributed by atoms with Gasteiger partial charge in [-0.05, 0) is 48.4 Å². The second kappa shape index (κ2) is 7.64. The van der Waals surface area contributed by atoms with E-state index in [0.717, 1.165) is 17.3 Å². The molecule has 0 aliphatic carbocycles. The number of hydrogen-bond donors (Lipinski definition) is 0. The first-order chi connectivity index (χ1) is 12.1. The molecule has 0 spiro atoms. The number of halogens is 1. The number of amides is 2. The summed E-state index contributed by atoms with van der Waals surface area (Å²) in [5.41, 5.74) is 1.48. The Balaban J connectivity index is 1.70. The first-order valence-corrected chi connectivity index (χ1v) is 8.79. The second-order valence-corrected chi connectivity index (χ2v) is 6.95. The lowest BCUT2D eigenvalue weighted by Gasteiger charge is -2.14. The Labute approximate surface area is 155 Å². The van der Waals surface area contributed by atoms with Crippen molar-refractivity contribution in [1.29, 1.82) is 0 Å². The zero-order chi connectivity index (χ0) is 17.8. The summed E-state index contributed by atoms with van der Waals surface area (Å²) in [5, 5.41) is -0.161. The number of nitrogens with zero attached hydrogens (tertiary/aromatic N) is 1. The van der Waals surface area contributed by atoms with Gasteiger partial charge < -0.3 is 4.74 Å². The van der Waals surface area contributed by atoms with Gasteiger partial charge in [-0.25, -0.2) is 4.90 Å². The van der Waals surface area contributed by atoms with Gasteiger partial charge in [0, 0.05) is 5.02 Å². The molecule has 0 radical (unpaired) electrons. The van der Waals surface area contributed by atoms with Crippen LogP contribution in [-0.2, 0) is 11.2 Å². The molecule has 2 amide bonds. The van der Waals surface area contributed by atoms with Crippen molar-refractivity contribution in [2.24, 2.45) is 0 Å². The quantitative estimate of drug-likeness (QED) is 0.740. The lowest BCUT2D eigenvalue weighted by atomic mass is 10.1. The fourth-order valence-electron chi connectivity index (χ4n) is 2.47. The van der Waals surface area contributed by atoms with E-state index in [0.29, 0.717) is 22.9 Å². The van der Waals surface area contributed by atoms with Gasteiger partial charge in [0.05, 0.1) is 10.9 Å². The van der Waals surface area contributed by atoms with Crippen LogP contribution in [0.3, 0.4) is 0 Å². The zero-order valence-electron chi connectivity index (χ0n) is 13.1. The minimum absolute atomic E-state index is 0.209. The molecule has 0 unspecified atom stereocenters. The first kappa shape index (κ1) is 17.4. The van der Waals surface area contributed by atoms with Crippen molar-refractivity contribution in [3.05, 3.63) is 59.1 Å². The molecule has 1 aliphatic heterocycles.